The molecule has 0 radical (unpaired) electrons. The van der Waals surface area contributed by atoms with Crippen molar-refractivity contribution in [2.24, 2.45) is 0 Å². The predicted molar refractivity (Wildman–Crippen MR) is 84.4 cm³/mol. The van der Waals surface area contributed by atoms with Crippen LogP contribution in [0.1, 0.15) is 11.1 Å². The third-order valence-electron chi connectivity index (χ3n) is 3.37. The Hall–Kier alpha value is -1.80. The molecule has 0 bridgehead atoms. The van der Waals surface area contributed by atoms with Gasteiger partial charge < -0.3 is 4.43 Å². The summed E-state index contributed by atoms with van der Waals surface area (Å²) >= 11 is 0. The highest BCUT2D eigenvalue weighted by atomic mass is 28.4. The zero-order valence-electron chi connectivity index (χ0n) is 11.8. The Morgan fingerprint density at radius 1 is 0.895 bits per heavy atom. The summed E-state index contributed by atoms with van der Waals surface area (Å²) in [6, 6.07) is 16.8. The van der Waals surface area contributed by atoms with Crippen LogP contribution in [0.25, 0.3) is 0 Å². The van der Waals surface area contributed by atoms with Gasteiger partial charge >= 0.3 is 8.32 Å². The Morgan fingerprint density at radius 2 is 1.37 bits per heavy atom. The summed E-state index contributed by atoms with van der Waals surface area (Å²) in [4.78, 5) is 0. The highest BCUT2D eigenvalue weighted by molar-refractivity contribution is 6.90. The van der Waals surface area contributed by atoms with Crippen LogP contribution in [-0.2, 0) is 0 Å². The lowest BCUT2D eigenvalue weighted by atomic mass is 10.2. The molecule has 0 heterocycles. The molecule has 2 aromatic carbocycles. The molecule has 0 aliphatic heterocycles. The van der Waals surface area contributed by atoms with Crippen LogP contribution < -0.4 is 9.61 Å². The van der Waals surface area contributed by atoms with E-state index in [2.05, 4.69) is 63.4 Å². The van der Waals surface area contributed by atoms with E-state index in [1.807, 2.05) is 17.8 Å². The Bertz CT molecular complexity index is 557. The molecule has 0 aliphatic rings. The second-order valence-electron chi connectivity index (χ2n) is 5.09. The molecule has 0 N–H and O–H groups in total. The highest BCUT2D eigenvalue weighted by Crippen LogP contribution is 2.17. The lowest BCUT2D eigenvalue weighted by Gasteiger charge is -2.25. The van der Waals surface area contributed by atoms with Gasteiger partial charge in [0.1, 0.15) is 5.75 Å². The van der Waals surface area contributed by atoms with E-state index in [1.54, 1.807) is 0 Å². The molecule has 98 valence electrons. The maximum atomic E-state index is 6.25. The molecule has 1 atom stereocenters. The van der Waals surface area contributed by atoms with Gasteiger partial charge in [-0.2, -0.15) is 0 Å². The van der Waals surface area contributed by atoms with E-state index in [0.717, 1.165) is 5.75 Å². The monoisotopic (exact) mass is 268 g/mol. The number of rotatable bonds is 4. The van der Waals surface area contributed by atoms with Gasteiger partial charge in [-0.05, 0) is 37.7 Å². The maximum absolute atomic E-state index is 6.25. The van der Waals surface area contributed by atoms with E-state index in [4.69, 9.17) is 4.43 Å². The Balaban J connectivity index is 2.29. The summed E-state index contributed by atoms with van der Waals surface area (Å²) in [6.07, 6.45) is 0. The van der Waals surface area contributed by atoms with E-state index in [0.29, 0.717) is 0 Å². The summed E-state index contributed by atoms with van der Waals surface area (Å²) in [5.74, 6) is 0.917. The van der Waals surface area contributed by atoms with Gasteiger partial charge in [0.05, 0.1) is 0 Å². The van der Waals surface area contributed by atoms with Crippen molar-refractivity contribution in [3.63, 3.8) is 0 Å². The molecular weight excluding hydrogens is 248 g/mol. The topological polar surface area (TPSA) is 9.23 Å². The van der Waals surface area contributed by atoms with Crippen molar-refractivity contribution >= 4 is 13.5 Å². The number of hydrogen-bond acceptors (Lipinski definition) is 1. The molecule has 0 aliphatic carbocycles. The maximum Gasteiger partial charge on any atom is 0.304 e. The lowest BCUT2D eigenvalue weighted by Crippen LogP contribution is -2.49. The Kier molecular flexibility index (Phi) is 3.91. The molecule has 2 aromatic rings. The molecule has 19 heavy (non-hydrogen) atoms. The normalized spacial score (nSPS) is 13.6. The Labute approximate surface area is 116 Å². The van der Waals surface area contributed by atoms with Crippen LogP contribution >= 0.6 is 0 Å². The van der Waals surface area contributed by atoms with Crippen molar-refractivity contribution < 1.29 is 4.43 Å². The highest BCUT2D eigenvalue weighted by Gasteiger charge is 2.29. The lowest BCUT2D eigenvalue weighted by molar-refractivity contribution is 0.570. The van der Waals surface area contributed by atoms with E-state index >= 15 is 0 Å². The molecule has 0 aromatic heterocycles. The van der Waals surface area contributed by atoms with E-state index in [1.165, 1.54) is 16.3 Å². The van der Waals surface area contributed by atoms with Crippen molar-refractivity contribution in [2.45, 2.75) is 20.4 Å². The number of hydrogen-bond donors (Lipinski definition) is 0. The van der Waals surface area contributed by atoms with Gasteiger partial charge in [0, 0.05) is 0 Å². The minimum Gasteiger partial charge on any atom is -0.535 e. The molecule has 1 nitrogen and oxygen atoms in total. The molecule has 0 amide bonds. The van der Waals surface area contributed by atoms with Crippen molar-refractivity contribution in [1.82, 2.24) is 0 Å². The molecule has 1 unspecified atom stereocenters. The van der Waals surface area contributed by atoms with Crippen molar-refractivity contribution in [2.75, 3.05) is 0 Å². The standard InChI is InChI=1S/C17H20OSi/c1-5-19(4,17-12-8-15(3)9-13-17)18-16-10-6-14(2)7-11-16/h5-13H,1H2,2-4H3. The number of benzene rings is 2. The first-order valence-corrected chi connectivity index (χ1v) is 8.98. The van der Waals surface area contributed by atoms with Gasteiger partial charge in [-0.25, -0.2) is 0 Å². The predicted octanol–water partition coefficient (Wildman–Crippen LogP) is 3.89. The number of aryl methyl sites for hydroxylation is 2. The molecule has 0 fully saturated rings. The fraction of sp³-hybridized carbons (Fsp3) is 0.176. The smallest absolute Gasteiger partial charge is 0.304 e. The summed E-state index contributed by atoms with van der Waals surface area (Å²) in [6.45, 7) is 10.3. The van der Waals surface area contributed by atoms with Crippen molar-refractivity contribution in [3.05, 3.63) is 71.9 Å². The summed E-state index contributed by atoms with van der Waals surface area (Å²) in [7, 11) is -2.12. The average Bonchev–Trinajstić information content (AvgIpc) is 2.42. The van der Waals surface area contributed by atoms with Crippen LogP contribution in [0.5, 0.6) is 5.75 Å². The van der Waals surface area contributed by atoms with Crippen LogP contribution in [0, 0.1) is 13.8 Å². The van der Waals surface area contributed by atoms with Crippen molar-refractivity contribution in [3.8, 4) is 5.75 Å². The zero-order valence-corrected chi connectivity index (χ0v) is 12.8. The van der Waals surface area contributed by atoms with Gasteiger partial charge in [0.2, 0.25) is 0 Å². The molecule has 0 saturated heterocycles. The van der Waals surface area contributed by atoms with Crippen LogP contribution in [0.15, 0.2) is 60.8 Å². The van der Waals surface area contributed by atoms with Crippen LogP contribution in [-0.4, -0.2) is 8.32 Å². The molecule has 0 spiro atoms. The summed E-state index contributed by atoms with van der Waals surface area (Å²) in [5, 5.41) is 1.24. The first-order valence-electron chi connectivity index (χ1n) is 6.50. The average molecular weight is 268 g/mol. The fourth-order valence-electron chi connectivity index (χ4n) is 1.95. The largest absolute Gasteiger partial charge is 0.535 e. The minimum atomic E-state index is -2.12. The first-order chi connectivity index (χ1) is 9.03. The van der Waals surface area contributed by atoms with Gasteiger partial charge in [0.15, 0.2) is 0 Å². The van der Waals surface area contributed by atoms with Crippen LogP contribution in [0.3, 0.4) is 0 Å². The van der Waals surface area contributed by atoms with Crippen molar-refractivity contribution in [1.29, 1.82) is 0 Å². The SMILES string of the molecule is C=C[Si](C)(Oc1ccc(C)cc1)c1ccc(C)cc1. The van der Waals surface area contributed by atoms with E-state index in [-0.39, 0.29) is 0 Å². The van der Waals surface area contributed by atoms with Gasteiger partial charge in [-0.1, -0.05) is 53.2 Å². The summed E-state index contributed by atoms with van der Waals surface area (Å²) < 4.78 is 6.25. The Morgan fingerprint density at radius 3 is 1.84 bits per heavy atom. The van der Waals surface area contributed by atoms with Gasteiger partial charge in [-0.15, -0.1) is 6.58 Å². The second-order valence-corrected chi connectivity index (χ2v) is 8.50. The van der Waals surface area contributed by atoms with E-state index < -0.39 is 8.32 Å². The molecule has 2 heteroatoms. The third kappa shape index (κ3) is 3.15. The first kappa shape index (κ1) is 13.6. The molecule has 0 saturated carbocycles. The fourth-order valence-corrected chi connectivity index (χ4v) is 3.85. The minimum absolute atomic E-state index is 0.917. The van der Waals surface area contributed by atoms with E-state index in [9.17, 15) is 0 Å². The second kappa shape index (κ2) is 5.45. The summed E-state index contributed by atoms with van der Waals surface area (Å²) in [5.41, 5.74) is 4.49. The third-order valence-corrected chi connectivity index (χ3v) is 6.28. The molecule has 2 rings (SSSR count). The molecular formula is C17H20OSi. The quantitative estimate of drug-likeness (QED) is 0.764. The van der Waals surface area contributed by atoms with Gasteiger partial charge in [-0.3, -0.25) is 0 Å². The van der Waals surface area contributed by atoms with Gasteiger partial charge in [0.25, 0.3) is 0 Å². The van der Waals surface area contributed by atoms with Crippen LogP contribution in [0.2, 0.25) is 6.55 Å². The zero-order chi connectivity index (χ0) is 13.9. The van der Waals surface area contributed by atoms with Crippen LogP contribution in [0.4, 0.5) is 0 Å².